The molecule has 0 aromatic heterocycles. The maximum Gasteiger partial charge on any atom is 0.245 e. The predicted molar refractivity (Wildman–Crippen MR) is 130 cm³/mol. The van der Waals surface area contributed by atoms with E-state index in [-0.39, 0.29) is 35.9 Å². The second-order valence-electron chi connectivity index (χ2n) is 11.2. The van der Waals surface area contributed by atoms with Gasteiger partial charge >= 0.3 is 0 Å². The highest BCUT2D eigenvalue weighted by Gasteiger charge is 2.58. The maximum atomic E-state index is 14.0. The van der Waals surface area contributed by atoms with Gasteiger partial charge in [-0.1, -0.05) is 30.3 Å². The molecular formula is C27H38F2N4O2. The van der Waals surface area contributed by atoms with E-state index in [0.29, 0.717) is 44.7 Å². The summed E-state index contributed by atoms with van der Waals surface area (Å²) in [7, 11) is 1.88. The number of halogens is 2. The molecule has 1 aromatic rings. The van der Waals surface area contributed by atoms with Gasteiger partial charge in [-0.2, -0.15) is 0 Å². The van der Waals surface area contributed by atoms with Crippen LogP contribution in [-0.4, -0.2) is 82.8 Å². The van der Waals surface area contributed by atoms with Crippen LogP contribution in [0.2, 0.25) is 0 Å². The Labute approximate surface area is 206 Å². The third-order valence-corrected chi connectivity index (χ3v) is 9.00. The van der Waals surface area contributed by atoms with Crippen molar-refractivity contribution in [1.29, 1.82) is 0 Å². The lowest BCUT2D eigenvalue weighted by molar-refractivity contribution is -0.148. The fourth-order valence-electron chi connectivity index (χ4n) is 6.81. The lowest BCUT2D eigenvalue weighted by Gasteiger charge is -2.40. The smallest absolute Gasteiger partial charge is 0.245 e. The van der Waals surface area contributed by atoms with E-state index < -0.39 is 18.5 Å². The SMILES string of the molecule is CN(CCC(F)F)[C@H]1CC[C@H](N)C(=O)N2[C@H](CC[C@H]2C(=O)N2C[C@H](c3ccccc3)CC23CC3)C1. The molecule has 1 spiro atoms. The number of hydrogen-bond acceptors (Lipinski definition) is 4. The van der Waals surface area contributed by atoms with E-state index in [1.54, 1.807) is 4.90 Å². The number of nitrogens with two attached hydrogens (primary N) is 1. The summed E-state index contributed by atoms with van der Waals surface area (Å²) in [6, 6.07) is 9.31. The van der Waals surface area contributed by atoms with Gasteiger partial charge in [-0.15, -0.1) is 0 Å². The van der Waals surface area contributed by atoms with E-state index in [4.69, 9.17) is 5.73 Å². The molecule has 2 N–H and O–H groups in total. The lowest BCUT2D eigenvalue weighted by Crippen LogP contribution is -2.57. The van der Waals surface area contributed by atoms with Crippen molar-refractivity contribution in [2.45, 2.75) is 99.8 Å². The number of hydrogen-bond donors (Lipinski definition) is 1. The van der Waals surface area contributed by atoms with Crippen molar-refractivity contribution in [1.82, 2.24) is 14.7 Å². The first kappa shape index (κ1) is 24.6. The monoisotopic (exact) mass is 488 g/mol. The number of carbonyl (C=O) groups is 2. The minimum absolute atomic E-state index is 0.0540. The molecule has 8 heteroatoms. The van der Waals surface area contributed by atoms with Crippen molar-refractivity contribution in [3.8, 4) is 0 Å². The summed E-state index contributed by atoms with van der Waals surface area (Å²) in [5, 5.41) is 0. The highest BCUT2D eigenvalue weighted by atomic mass is 19.3. The molecule has 0 radical (unpaired) electrons. The standard InChI is InChI=1S/C27H38F2N4O2/c1-31(14-11-24(28)29)20-7-9-22(30)25(34)33-21(15-20)8-10-23(33)26(35)32-17-19(16-27(32)12-13-27)18-5-3-2-4-6-18/h2-6,19-24H,7-17,30H2,1H3/t19-,20+,21-,22+,23+/m1/s1. The molecular weight excluding hydrogens is 450 g/mol. The first-order chi connectivity index (χ1) is 16.8. The summed E-state index contributed by atoms with van der Waals surface area (Å²) in [5.74, 6) is 0.286. The van der Waals surface area contributed by atoms with Crippen LogP contribution in [-0.2, 0) is 9.59 Å². The molecule has 3 heterocycles. The zero-order valence-electron chi connectivity index (χ0n) is 20.6. The molecule has 0 unspecified atom stereocenters. The van der Waals surface area contributed by atoms with E-state index >= 15 is 0 Å². The molecule has 35 heavy (non-hydrogen) atoms. The van der Waals surface area contributed by atoms with Crippen molar-refractivity contribution in [2.24, 2.45) is 5.73 Å². The average Bonchev–Trinajstić information content (AvgIpc) is 3.34. The van der Waals surface area contributed by atoms with Crippen molar-refractivity contribution >= 4 is 11.8 Å². The van der Waals surface area contributed by atoms with Crippen LogP contribution in [0.3, 0.4) is 0 Å². The first-order valence-corrected chi connectivity index (χ1v) is 13.2. The molecule has 3 aliphatic heterocycles. The van der Waals surface area contributed by atoms with Gasteiger partial charge < -0.3 is 20.4 Å². The molecule has 3 saturated heterocycles. The van der Waals surface area contributed by atoms with Gasteiger partial charge in [0.15, 0.2) is 0 Å². The summed E-state index contributed by atoms with van der Waals surface area (Å²) < 4.78 is 25.6. The Morgan fingerprint density at radius 3 is 2.60 bits per heavy atom. The Morgan fingerprint density at radius 2 is 1.91 bits per heavy atom. The van der Waals surface area contributed by atoms with E-state index in [1.807, 2.05) is 18.0 Å². The molecule has 1 saturated carbocycles. The molecule has 1 aromatic carbocycles. The average molecular weight is 489 g/mol. The van der Waals surface area contributed by atoms with Gasteiger partial charge in [-0.3, -0.25) is 9.59 Å². The molecule has 4 fully saturated rings. The fraction of sp³-hybridized carbons (Fsp3) is 0.704. The Balaban J connectivity index is 1.32. The van der Waals surface area contributed by atoms with E-state index in [0.717, 1.165) is 25.7 Å². The minimum Gasteiger partial charge on any atom is -0.335 e. The van der Waals surface area contributed by atoms with Crippen LogP contribution in [0.4, 0.5) is 8.78 Å². The first-order valence-electron chi connectivity index (χ1n) is 13.2. The van der Waals surface area contributed by atoms with Crippen LogP contribution in [0.25, 0.3) is 0 Å². The summed E-state index contributed by atoms with van der Waals surface area (Å²) in [6.45, 7) is 1.02. The Bertz CT molecular complexity index is 925. The molecule has 5 atom stereocenters. The van der Waals surface area contributed by atoms with Crippen molar-refractivity contribution in [2.75, 3.05) is 20.1 Å². The number of rotatable bonds is 6. The van der Waals surface area contributed by atoms with E-state index in [2.05, 4.69) is 29.2 Å². The van der Waals surface area contributed by atoms with E-state index in [9.17, 15) is 18.4 Å². The molecule has 5 rings (SSSR count). The number of amides is 2. The summed E-state index contributed by atoms with van der Waals surface area (Å²) in [4.78, 5) is 33.2. The maximum absolute atomic E-state index is 14.0. The van der Waals surface area contributed by atoms with Crippen molar-refractivity contribution in [3.05, 3.63) is 35.9 Å². The largest absolute Gasteiger partial charge is 0.335 e. The van der Waals surface area contributed by atoms with Crippen LogP contribution in [0.1, 0.15) is 69.3 Å². The number of fused-ring (bicyclic) bond motifs is 1. The summed E-state index contributed by atoms with van der Waals surface area (Å²) >= 11 is 0. The highest BCUT2D eigenvalue weighted by Crippen LogP contribution is 2.54. The number of likely N-dealkylation sites (tertiary alicyclic amines) is 1. The number of nitrogens with zero attached hydrogens (tertiary/aromatic N) is 3. The number of carbonyl (C=O) groups excluding carboxylic acids is 2. The van der Waals surface area contributed by atoms with E-state index in [1.165, 1.54) is 5.56 Å². The third kappa shape index (κ3) is 4.84. The van der Waals surface area contributed by atoms with Gasteiger partial charge in [0.25, 0.3) is 0 Å². The minimum atomic E-state index is -2.32. The van der Waals surface area contributed by atoms with Crippen molar-refractivity contribution < 1.29 is 18.4 Å². The van der Waals surface area contributed by atoms with Crippen molar-refractivity contribution in [3.63, 3.8) is 0 Å². The zero-order valence-corrected chi connectivity index (χ0v) is 20.6. The predicted octanol–water partition coefficient (Wildman–Crippen LogP) is 3.36. The van der Waals surface area contributed by atoms with Crippen LogP contribution in [0, 0.1) is 0 Å². The molecule has 4 aliphatic rings. The summed E-state index contributed by atoms with van der Waals surface area (Å²) in [6.07, 6.45) is 3.91. The van der Waals surface area contributed by atoms with Crippen LogP contribution < -0.4 is 5.73 Å². The number of benzene rings is 1. The molecule has 1 aliphatic carbocycles. The fourth-order valence-corrected chi connectivity index (χ4v) is 6.81. The highest BCUT2D eigenvalue weighted by molar-refractivity contribution is 5.91. The Morgan fingerprint density at radius 1 is 1.17 bits per heavy atom. The van der Waals surface area contributed by atoms with Gasteiger partial charge in [0.1, 0.15) is 6.04 Å². The molecule has 6 nitrogen and oxygen atoms in total. The quantitative estimate of drug-likeness (QED) is 0.667. The number of alkyl halides is 2. The van der Waals surface area contributed by atoms with Gasteiger partial charge in [-0.25, -0.2) is 8.78 Å². The van der Waals surface area contributed by atoms with Crippen LogP contribution in [0.15, 0.2) is 30.3 Å². The van der Waals surface area contributed by atoms with Gasteiger partial charge in [0.2, 0.25) is 18.2 Å². The Hall–Kier alpha value is -2.06. The van der Waals surface area contributed by atoms with Gasteiger partial charge in [0.05, 0.1) is 6.04 Å². The summed E-state index contributed by atoms with van der Waals surface area (Å²) in [5.41, 5.74) is 7.53. The van der Waals surface area contributed by atoms with Crippen LogP contribution >= 0.6 is 0 Å². The normalized spacial score (nSPS) is 32.3. The molecule has 2 amide bonds. The van der Waals surface area contributed by atoms with Gasteiger partial charge in [0, 0.05) is 43.1 Å². The lowest BCUT2D eigenvalue weighted by atomic mass is 9.94. The Kier molecular flexibility index (Phi) is 6.87. The third-order valence-electron chi connectivity index (χ3n) is 9.00. The van der Waals surface area contributed by atoms with Gasteiger partial charge in [-0.05, 0) is 64.0 Å². The van der Waals surface area contributed by atoms with Crippen LogP contribution in [0.5, 0.6) is 0 Å². The molecule has 0 bridgehead atoms. The molecule has 192 valence electrons. The second-order valence-corrected chi connectivity index (χ2v) is 11.2. The zero-order chi connectivity index (χ0) is 24.7. The second kappa shape index (κ2) is 9.77. The topological polar surface area (TPSA) is 69.9 Å².